The lowest BCUT2D eigenvalue weighted by molar-refractivity contribution is -0.133. The van der Waals surface area contributed by atoms with E-state index in [0.717, 1.165) is 24.8 Å². The minimum atomic E-state index is -3.56. The Bertz CT molecular complexity index is 1100. The number of carbonyl (C=O) groups excluding carboxylic acids is 1. The summed E-state index contributed by atoms with van der Waals surface area (Å²) in [6.07, 6.45) is 3.02. The maximum absolute atomic E-state index is 13.6. The summed E-state index contributed by atoms with van der Waals surface area (Å²) in [5.41, 5.74) is 2.37. The third-order valence-corrected chi connectivity index (χ3v) is 8.17. The summed E-state index contributed by atoms with van der Waals surface area (Å²) < 4.78 is 46.7. The molecule has 0 spiro atoms. The van der Waals surface area contributed by atoms with Crippen molar-refractivity contribution >= 4 is 15.9 Å². The minimum Gasteiger partial charge on any atom is -0.489 e. The second-order valence-electron chi connectivity index (χ2n) is 8.59. The van der Waals surface area contributed by atoms with Gasteiger partial charge in [0.15, 0.2) is 11.6 Å². The summed E-state index contributed by atoms with van der Waals surface area (Å²) in [5.74, 6) is -0.278. The smallest absolute Gasteiger partial charge is 0.243 e. The number of fused-ring (bicyclic) bond motifs is 1. The van der Waals surface area contributed by atoms with Gasteiger partial charge in [0.25, 0.3) is 0 Å². The van der Waals surface area contributed by atoms with E-state index in [0.29, 0.717) is 24.5 Å². The molecular formula is C24H30FN3O4S. The molecule has 0 bridgehead atoms. The van der Waals surface area contributed by atoms with E-state index in [1.807, 2.05) is 17.0 Å². The molecule has 1 heterocycles. The average Bonchev–Trinajstić information content (AvgIpc) is 3.28. The zero-order valence-electron chi connectivity index (χ0n) is 18.9. The highest BCUT2D eigenvalue weighted by atomic mass is 32.2. The van der Waals surface area contributed by atoms with Crippen LogP contribution >= 0.6 is 0 Å². The number of piperazine rings is 1. The van der Waals surface area contributed by atoms with Crippen molar-refractivity contribution in [1.29, 1.82) is 0 Å². The monoisotopic (exact) mass is 475 g/mol. The van der Waals surface area contributed by atoms with E-state index in [1.165, 1.54) is 15.9 Å². The molecule has 0 aromatic heterocycles. The number of rotatable bonds is 8. The Morgan fingerprint density at radius 1 is 1.06 bits per heavy atom. The molecule has 0 unspecified atom stereocenters. The number of carbonyl (C=O) groups is 1. The predicted molar refractivity (Wildman–Crippen MR) is 123 cm³/mol. The standard InChI is InChI=1S/C24H30FN3O4S/c1-26(15-16-32-23-8-3-2-7-22(23)25)18-24(29)27-11-13-28(14-12-27)33(30,31)21-10-9-19-5-4-6-20(19)17-21/h2-3,7-10,17H,4-6,11-16,18H2,1H3. The molecule has 1 aliphatic carbocycles. The Kier molecular flexibility index (Phi) is 7.31. The zero-order valence-corrected chi connectivity index (χ0v) is 19.7. The van der Waals surface area contributed by atoms with Gasteiger partial charge < -0.3 is 9.64 Å². The molecule has 2 aromatic carbocycles. The molecule has 1 amide bonds. The topological polar surface area (TPSA) is 70.2 Å². The lowest BCUT2D eigenvalue weighted by Gasteiger charge is -2.34. The molecule has 0 saturated carbocycles. The Labute approximate surface area is 194 Å². The van der Waals surface area contributed by atoms with Crippen LogP contribution in [0.25, 0.3) is 0 Å². The van der Waals surface area contributed by atoms with E-state index in [-0.39, 0.29) is 37.9 Å². The maximum Gasteiger partial charge on any atom is 0.243 e. The highest BCUT2D eigenvalue weighted by Crippen LogP contribution is 2.26. The summed E-state index contributed by atoms with van der Waals surface area (Å²) in [4.78, 5) is 16.5. The van der Waals surface area contributed by atoms with Gasteiger partial charge >= 0.3 is 0 Å². The van der Waals surface area contributed by atoms with Crippen LogP contribution in [0.15, 0.2) is 47.4 Å². The van der Waals surface area contributed by atoms with Crippen molar-refractivity contribution in [2.24, 2.45) is 0 Å². The molecule has 9 heteroatoms. The molecule has 2 aromatic rings. The molecule has 2 aliphatic rings. The third-order valence-electron chi connectivity index (χ3n) is 6.27. The first kappa shape index (κ1) is 23.7. The van der Waals surface area contributed by atoms with Crippen molar-refractivity contribution in [3.63, 3.8) is 0 Å². The van der Waals surface area contributed by atoms with E-state index in [9.17, 15) is 17.6 Å². The number of ether oxygens (including phenoxy) is 1. The first-order chi connectivity index (χ1) is 15.8. The van der Waals surface area contributed by atoms with Gasteiger partial charge in [-0.05, 0) is 61.7 Å². The van der Waals surface area contributed by atoms with Crippen molar-refractivity contribution in [3.8, 4) is 5.75 Å². The molecule has 1 saturated heterocycles. The van der Waals surface area contributed by atoms with Gasteiger partial charge in [0.05, 0.1) is 11.4 Å². The van der Waals surface area contributed by atoms with E-state index < -0.39 is 15.8 Å². The number of para-hydroxylation sites is 1. The van der Waals surface area contributed by atoms with Gasteiger partial charge in [-0.25, -0.2) is 12.8 Å². The van der Waals surface area contributed by atoms with Crippen LogP contribution < -0.4 is 4.74 Å². The van der Waals surface area contributed by atoms with Gasteiger partial charge in [-0.3, -0.25) is 9.69 Å². The number of likely N-dealkylation sites (N-methyl/N-ethyl adjacent to an activating group) is 1. The molecule has 33 heavy (non-hydrogen) atoms. The second-order valence-corrected chi connectivity index (χ2v) is 10.5. The summed E-state index contributed by atoms with van der Waals surface area (Å²) in [6, 6.07) is 11.7. The van der Waals surface area contributed by atoms with Gasteiger partial charge in [0.2, 0.25) is 15.9 Å². The van der Waals surface area contributed by atoms with Crippen molar-refractivity contribution in [3.05, 3.63) is 59.4 Å². The van der Waals surface area contributed by atoms with Crippen LogP contribution in [0.3, 0.4) is 0 Å². The Morgan fingerprint density at radius 2 is 1.79 bits per heavy atom. The van der Waals surface area contributed by atoms with Gasteiger partial charge in [0, 0.05) is 32.7 Å². The normalized spacial score (nSPS) is 16.8. The Morgan fingerprint density at radius 3 is 2.55 bits per heavy atom. The summed E-state index contributed by atoms with van der Waals surface area (Å²) >= 11 is 0. The highest BCUT2D eigenvalue weighted by Gasteiger charge is 2.31. The van der Waals surface area contributed by atoms with Crippen LogP contribution in [0.1, 0.15) is 17.5 Å². The molecule has 7 nitrogen and oxygen atoms in total. The molecule has 4 rings (SSSR count). The van der Waals surface area contributed by atoms with Gasteiger partial charge in [-0.2, -0.15) is 4.31 Å². The molecule has 0 N–H and O–H groups in total. The number of nitrogens with zero attached hydrogens (tertiary/aromatic N) is 3. The average molecular weight is 476 g/mol. The third kappa shape index (κ3) is 5.54. The number of amides is 1. The van der Waals surface area contributed by atoms with Crippen LogP contribution in [0.4, 0.5) is 4.39 Å². The van der Waals surface area contributed by atoms with Gasteiger partial charge in [0.1, 0.15) is 6.61 Å². The van der Waals surface area contributed by atoms with Crippen LogP contribution in [0, 0.1) is 5.82 Å². The fraction of sp³-hybridized carbons (Fsp3) is 0.458. The molecule has 178 valence electrons. The largest absolute Gasteiger partial charge is 0.489 e. The van der Waals surface area contributed by atoms with Gasteiger partial charge in [-0.1, -0.05) is 18.2 Å². The molecule has 1 aliphatic heterocycles. The van der Waals surface area contributed by atoms with Crippen molar-refractivity contribution < 1.29 is 22.3 Å². The second kappa shape index (κ2) is 10.2. The van der Waals surface area contributed by atoms with Crippen LogP contribution in [-0.2, 0) is 27.7 Å². The quantitative estimate of drug-likeness (QED) is 0.585. The van der Waals surface area contributed by atoms with Crippen LogP contribution in [0.2, 0.25) is 0 Å². The molecule has 0 radical (unpaired) electrons. The lowest BCUT2D eigenvalue weighted by atomic mass is 10.1. The van der Waals surface area contributed by atoms with E-state index in [4.69, 9.17) is 4.74 Å². The minimum absolute atomic E-state index is 0.0574. The van der Waals surface area contributed by atoms with Crippen molar-refractivity contribution in [2.75, 3.05) is 52.9 Å². The molecule has 0 atom stereocenters. The van der Waals surface area contributed by atoms with E-state index in [2.05, 4.69) is 0 Å². The van der Waals surface area contributed by atoms with E-state index >= 15 is 0 Å². The molecular weight excluding hydrogens is 445 g/mol. The number of hydrogen-bond donors (Lipinski definition) is 0. The summed E-state index contributed by atoms with van der Waals surface area (Å²) in [6.45, 7) is 2.21. The van der Waals surface area contributed by atoms with E-state index in [1.54, 1.807) is 36.2 Å². The van der Waals surface area contributed by atoms with Crippen LogP contribution in [-0.4, -0.2) is 81.4 Å². The SMILES string of the molecule is CN(CCOc1ccccc1F)CC(=O)N1CCN(S(=O)(=O)c2ccc3c(c2)CCC3)CC1. The van der Waals surface area contributed by atoms with Crippen LogP contribution in [0.5, 0.6) is 5.75 Å². The number of sulfonamides is 1. The Hall–Kier alpha value is -2.49. The van der Waals surface area contributed by atoms with Gasteiger partial charge in [-0.15, -0.1) is 0 Å². The summed E-state index contributed by atoms with van der Waals surface area (Å²) in [5, 5.41) is 0. The predicted octanol–water partition coefficient (Wildman–Crippen LogP) is 2.16. The number of aryl methyl sites for hydroxylation is 2. The number of halogens is 1. The van der Waals surface area contributed by atoms with Crippen molar-refractivity contribution in [2.45, 2.75) is 24.2 Å². The first-order valence-corrected chi connectivity index (χ1v) is 12.7. The zero-order chi connectivity index (χ0) is 23.4. The Balaban J connectivity index is 1.24. The molecule has 1 fully saturated rings. The fourth-order valence-corrected chi connectivity index (χ4v) is 5.79. The number of hydrogen-bond acceptors (Lipinski definition) is 5. The first-order valence-electron chi connectivity index (χ1n) is 11.3. The number of benzene rings is 2. The lowest BCUT2D eigenvalue weighted by Crippen LogP contribution is -2.52. The fourth-order valence-electron chi connectivity index (χ4n) is 4.32. The highest BCUT2D eigenvalue weighted by molar-refractivity contribution is 7.89. The maximum atomic E-state index is 13.6. The summed E-state index contributed by atoms with van der Waals surface area (Å²) in [7, 11) is -1.76. The van der Waals surface area contributed by atoms with Crippen molar-refractivity contribution in [1.82, 2.24) is 14.1 Å².